The Kier molecular flexibility index (Phi) is 9.90. The smallest absolute Gasteiger partial charge is 0.338 e. The number of halogens is 1. The van der Waals surface area contributed by atoms with Crippen molar-refractivity contribution in [2.24, 2.45) is 0 Å². The highest BCUT2D eigenvalue weighted by Crippen LogP contribution is 2.11. The summed E-state index contributed by atoms with van der Waals surface area (Å²) >= 11 is 0. The van der Waals surface area contributed by atoms with Crippen LogP contribution in [-0.2, 0) is 15.9 Å². The first-order valence-corrected chi connectivity index (χ1v) is 10.3. The lowest BCUT2D eigenvalue weighted by molar-refractivity contribution is 0.0487. The molecule has 4 nitrogen and oxygen atoms in total. The molecule has 0 amide bonds. The molecule has 0 aliphatic heterocycles. The number of benzene rings is 2. The number of esters is 2. The Morgan fingerprint density at radius 2 is 1.31 bits per heavy atom. The SMILES string of the molecule is CCCCCCCCOC(=O)c1ccc(C(=O)OCCc2ccccc2F)cc1. The van der Waals surface area contributed by atoms with E-state index < -0.39 is 11.9 Å². The Balaban J connectivity index is 1.70. The highest BCUT2D eigenvalue weighted by Gasteiger charge is 2.11. The third kappa shape index (κ3) is 8.06. The Morgan fingerprint density at radius 3 is 1.93 bits per heavy atom. The van der Waals surface area contributed by atoms with E-state index in [1.165, 1.54) is 43.9 Å². The van der Waals surface area contributed by atoms with Gasteiger partial charge in [0.1, 0.15) is 5.82 Å². The fourth-order valence-corrected chi connectivity index (χ4v) is 2.91. The standard InChI is InChI=1S/C24H29FO4/c1-2-3-4-5-6-9-17-28-23(26)20-12-14-21(15-13-20)24(27)29-18-16-19-10-7-8-11-22(19)25/h7-8,10-15H,2-6,9,16-18H2,1H3. The van der Waals surface area contributed by atoms with E-state index in [4.69, 9.17) is 9.47 Å². The van der Waals surface area contributed by atoms with Gasteiger partial charge >= 0.3 is 11.9 Å². The van der Waals surface area contributed by atoms with E-state index in [0.717, 1.165) is 12.8 Å². The lowest BCUT2D eigenvalue weighted by Crippen LogP contribution is -2.10. The number of carbonyl (C=O) groups is 2. The molecule has 0 N–H and O–H groups in total. The van der Waals surface area contributed by atoms with Crippen LogP contribution in [0.2, 0.25) is 0 Å². The van der Waals surface area contributed by atoms with Crippen molar-refractivity contribution in [3.05, 3.63) is 71.0 Å². The van der Waals surface area contributed by atoms with Crippen LogP contribution in [0.3, 0.4) is 0 Å². The third-order valence-electron chi connectivity index (χ3n) is 4.65. The van der Waals surface area contributed by atoms with E-state index >= 15 is 0 Å². The second-order valence-corrected chi connectivity index (χ2v) is 6.96. The Labute approximate surface area is 172 Å². The van der Waals surface area contributed by atoms with Gasteiger partial charge in [-0.15, -0.1) is 0 Å². The lowest BCUT2D eigenvalue weighted by Gasteiger charge is -2.07. The molecule has 0 heterocycles. The molecule has 5 heteroatoms. The zero-order valence-corrected chi connectivity index (χ0v) is 17.0. The monoisotopic (exact) mass is 400 g/mol. The van der Waals surface area contributed by atoms with Crippen molar-refractivity contribution in [3.63, 3.8) is 0 Å². The van der Waals surface area contributed by atoms with E-state index in [9.17, 15) is 14.0 Å². The molecule has 0 unspecified atom stereocenters. The maximum absolute atomic E-state index is 13.6. The van der Waals surface area contributed by atoms with Crippen molar-refractivity contribution in [3.8, 4) is 0 Å². The maximum atomic E-state index is 13.6. The van der Waals surface area contributed by atoms with Crippen molar-refractivity contribution >= 4 is 11.9 Å². The van der Waals surface area contributed by atoms with Gasteiger partial charge in [-0.2, -0.15) is 0 Å². The predicted molar refractivity (Wildman–Crippen MR) is 110 cm³/mol. The Bertz CT molecular complexity index is 771. The summed E-state index contributed by atoms with van der Waals surface area (Å²) in [6.07, 6.45) is 7.08. The molecule has 0 spiro atoms. The quantitative estimate of drug-likeness (QED) is 0.337. The molecule has 0 aromatic heterocycles. The van der Waals surface area contributed by atoms with Crippen LogP contribution in [0.4, 0.5) is 4.39 Å². The summed E-state index contributed by atoms with van der Waals surface area (Å²) in [5, 5.41) is 0. The number of rotatable bonds is 12. The van der Waals surface area contributed by atoms with E-state index in [1.54, 1.807) is 30.3 Å². The lowest BCUT2D eigenvalue weighted by atomic mass is 10.1. The van der Waals surface area contributed by atoms with Gasteiger partial charge in [0.05, 0.1) is 24.3 Å². The number of ether oxygens (including phenoxy) is 2. The number of carbonyl (C=O) groups excluding carboxylic acids is 2. The van der Waals surface area contributed by atoms with Crippen LogP contribution >= 0.6 is 0 Å². The molecule has 2 aromatic rings. The van der Waals surface area contributed by atoms with Gasteiger partial charge in [-0.05, 0) is 42.3 Å². The second kappa shape index (κ2) is 12.7. The van der Waals surface area contributed by atoms with Crippen LogP contribution in [0, 0.1) is 5.82 Å². The van der Waals surface area contributed by atoms with Crippen molar-refractivity contribution < 1.29 is 23.5 Å². The first kappa shape index (κ1) is 22.6. The third-order valence-corrected chi connectivity index (χ3v) is 4.65. The minimum absolute atomic E-state index is 0.0851. The van der Waals surface area contributed by atoms with Crippen LogP contribution in [0.1, 0.15) is 71.7 Å². The van der Waals surface area contributed by atoms with E-state index in [1.807, 2.05) is 0 Å². The number of hydrogen-bond donors (Lipinski definition) is 0. The molecule has 0 fully saturated rings. The average Bonchev–Trinajstić information content (AvgIpc) is 2.74. The minimum atomic E-state index is -0.506. The highest BCUT2D eigenvalue weighted by atomic mass is 19.1. The van der Waals surface area contributed by atoms with Crippen LogP contribution < -0.4 is 0 Å². The predicted octanol–water partition coefficient (Wildman–Crippen LogP) is 5.74. The van der Waals surface area contributed by atoms with E-state index in [0.29, 0.717) is 29.7 Å². The van der Waals surface area contributed by atoms with Crippen LogP contribution in [0.5, 0.6) is 0 Å². The normalized spacial score (nSPS) is 10.6. The van der Waals surface area contributed by atoms with Crippen molar-refractivity contribution in [1.82, 2.24) is 0 Å². The molecule has 0 atom stereocenters. The topological polar surface area (TPSA) is 52.6 Å². The molecule has 0 bridgehead atoms. The zero-order chi connectivity index (χ0) is 20.9. The molecule has 0 radical (unpaired) electrons. The summed E-state index contributed by atoms with van der Waals surface area (Å²) in [4.78, 5) is 24.1. The first-order valence-electron chi connectivity index (χ1n) is 10.3. The summed E-state index contributed by atoms with van der Waals surface area (Å²) in [5.41, 5.74) is 1.24. The van der Waals surface area contributed by atoms with Gasteiger partial charge in [0.15, 0.2) is 0 Å². The molecule has 2 aromatic carbocycles. The van der Waals surface area contributed by atoms with Crippen molar-refractivity contribution in [2.75, 3.05) is 13.2 Å². The number of unbranched alkanes of at least 4 members (excludes halogenated alkanes) is 5. The van der Waals surface area contributed by atoms with Gasteiger partial charge in [0.25, 0.3) is 0 Å². The summed E-state index contributed by atoms with van der Waals surface area (Å²) in [5.74, 6) is -1.21. The molecule has 0 saturated carbocycles. The van der Waals surface area contributed by atoms with Crippen LogP contribution in [0.15, 0.2) is 48.5 Å². The van der Waals surface area contributed by atoms with Gasteiger partial charge in [-0.25, -0.2) is 14.0 Å². The fourth-order valence-electron chi connectivity index (χ4n) is 2.91. The highest BCUT2D eigenvalue weighted by molar-refractivity contribution is 5.93. The fraction of sp³-hybridized carbons (Fsp3) is 0.417. The van der Waals surface area contributed by atoms with E-state index in [2.05, 4.69) is 6.92 Å². The van der Waals surface area contributed by atoms with Crippen LogP contribution in [-0.4, -0.2) is 25.2 Å². The molecular formula is C24H29FO4. The first-order chi connectivity index (χ1) is 14.1. The molecule has 156 valence electrons. The molecule has 2 rings (SSSR count). The molecule has 0 saturated heterocycles. The number of hydrogen-bond acceptors (Lipinski definition) is 4. The summed E-state index contributed by atoms with van der Waals surface area (Å²) in [7, 11) is 0. The molecule has 29 heavy (non-hydrogen) atoms. The van der Waals surface area contributed by atoms with Crippen LogP contribution in [0.25, 0.3) is 0 Å². The average molecular weight is 400 g/mol. The zero-order valence-electron chi connectivity index (χ0n) is 17.0. The summed E-state index contributed by atoms with van der Waals surface area (Å²) in [6, 6.07) is 12.6. The van der Waals surface area contributed by atoms with Gasteiger partial charge in [-0.1, -0.05) is 57.2 Å². The maximum Gasteiger partial charge on any atom is 0.338 e. The molecular weight excluding hydrogens is 371 g/mol. The van der Waals surface area contributed by atoms with Gasteiger partial charge in [0.2, 0.25) is 0 Å². The van der Waals surface area contributed by atoms with Crippen molar-refractivity contribution in [1.29, 1.82) is 0 Å². The minimum Gasteiger partial charge on any atom is -0.462 e. The molecule has 0 aliphatic rings. The Morgan fingerprint density at radius 1 is 0.759 bits per heavy atom. The Hall–Kier alpha value is -2.69. The molecule has 0 aliphatic carbocycles. The van der Waals surface area contributed by atoms with Gasteiger partial charge in [0, 0.05) is 6.42 Å². The summed E-state index contributed by atoms with van der Waals surface area (Å²) < 4.78 is 24.0. The van der Waals surface area contributed by atoms with E-state index in [-0.39, 0.29) is 12.4 Å². The van der Waals surface area contributed by atoms with Gasteiger partial charge < -0.3 is 9.47 Å². The second-order valence-electron chi connectivity index (χ2n) is 6.96. The van der Waals surface area contributed by atoms with Crippen molar-refractivity contribution in [2.45, 2.75) is 51.9 Å². The summed E-state index contributed by atoms with van der Waals surface area (Å²) in [6.45, 7) is 2.67. The van der Waals surface area contributed by atoms with Gasteiger partial charge in [-0.3, -0.25) is 0 Å². The largest absolute Gasteiger partial charge is 0.462 e.